The van der Waals surface area contributed by atoms with Crippen molar-refractivity contribution in [1.82, 2.24) is 5.32 Å². The van der Waals surface area contributed by atoms with Gasteiger partial charge < -0.3 is 29.1 Å². The number of carbonyl (C=O) groups is 1. The molecule has 2 atom stereocenters. The van der Waals surface area contributed by atoms with Crippen LogP contribution in [0.4, 0.5) is 4.79 Å². The summed E-state index contributed by atoms with van der Waals surface area (Å²) in [5.74, 6) is 1.11. The molecule has 11 nitrogen and oxygen atoms in total. The Morgan fingerprint density at radius 3 is 2.80 bits per heavy atom. The standard InChI is InChI=1S/C18H24N2O9S/c1-4-19-18(21)26-6-5-25-15-8-13-11(7-14(15)24-2)17-12(9-27-13)16(29-20-17)10-28-30(3,22)23/h7-8,12,16H,4-6,9-10H2,1-3H3,(H,19,21). The van der Waals surface area contributed by atoms with Gasteiger partial charge in [-0.3, -0.25) is 4.18 Å². The summed E-state index contributed by atoms with van der Waals surface area (Å²) in [5, 5.41) is 6.62. The van der Waals surface area contributed by atoms with Crippen LogP contribution < -0.4 is 19.5 Å². The maximum absolute atomic E-state index is 11.3. The Hall–Kier alpha value is -2.73. The lowest BCUT2D eigenvalue weighted by molar-refractivity contribution is 0.0175. The van der Waals surface area contributed by atoms with Crippen molar-refractivity contribution in [2.45, 2.75) is 13.0 Å². The number of fused-ring (bicyclic) bond motifs is 3. The van der Waals surface area contributed by atoms with E-state index in [1.165, 1.54) is 7.11 Å². The summed E-state index contributed by atoms with van der Waals surface area (Å²) in [5.41, 5.74) is 1.29. The van der Waals surface area contributed by atoms with Crippen molar-refractivity contribution in [1.29, 1.82) is 0 Å². The summed E-state index contributed by atoms with van der Waals surface area (Å²) >= 11 is 0. The Bertz CT molecular complexity index is 916. The maximum atomic E-state index is 11.3. The molecular weight excluding hydrogens is 420 g/mol. The van der Waals surface area contributed by atoms with Crippen molar-refractivity contribution in [3.05, 3.63) is 17.7 Å². The van der Waals surface area contributed by atoms with Crippen LogP contribution >= 0.6 is 0 Å². The minimum Gasteiger partial charge on any atom is -0.493 e. The highest BCUT2D eigenvalue weighted by Gasteiger charge is 2.41. The first-order valence-electron chi connectivity index (χ1n) is 9.29. The number of alkyl carbamates (subject to hydrolysis) is 1. The van der Waals surface area contributed by atoms with Gasteiger partial charge in [0.25, 0.3) is 10.1 Å². The Balaban J connectivity index is 1.67. The third kappa shape index (κ3) is 5.25. The van der Waals surface area contributed by atoms with E-state index in [4.69, 9.17) is 28.0 Å². The maximum Gasteiger partial charge on any atom is 0.407 e. The third-order valence-corrected chi connectivity index (χ3v) is 4.95. The predicted octanol–water partition coefficient (Wildman–Crippen LogP) is 0.908. The zero-order chi connectivity index (χ0) is 21.7. The van der Waals surface area contributed by atoms with E-state index in [-0.39, 0.29) is 32.3 Å². The molecule has 0 aromatic heterocycles. The number of nitrogens with one attached hydrogen (secondary N) is 1. The van der Waals surface area contributed by atoms with Gasteiger partial charge in [-0.05, 0) is 13.0 Å². The molecule has 1 N–H and O–H groups in total. The number of carbonyl (C=O) groups excluding carboxylic acids is 1. The van der Waals surface area contributed by atoms with E-state index in [9.17, 15) is 13.2 Å². The number of ether oxygens (including phenoxy) is 4. The zero-order valence-electron chi connectivity index (χ0n) is 16.9. The first kappa shape index (κ1) is 22.0. The lowest BCUT2D eigenvalue weighted by atomic mass is 9.90. The number of benzene rings is 1. The fourth-order valence-electron chi connectivity index (χ4n) is 3.01. The molecule has 30 heavy (non-hydrogen) atoms. The number of methoxy groups -OCH3 is 1. The number of oxime groups is 1. The molecule has 0 bridgehead atoms. The second-order valence-corrected chi connectivity index (χ2v) is 8.18. The quantitative estimate of drug-likeness (QED) is 0.436. The SMILES string of the molecule is CCNC(=O)OCCOc1cc2c(cc1OC)C1=NOC(COS(C)(=O)=O)C1CO2. The summed E-state index contributed by atoms with van der Waals surface area (Å²) < 4.78 is 49.2. The molecule has 12 heteroatoms. The molecule has 0 fully saturated rings. The van der Waals surface area contributed by atoms with Crippen molar-refractivity contribution in [2.75, 3.05) is 46.3 Å². The first-order chi connectivity index (χ1) is 14.3. The van der Waals surface area contributed by atoms with Crippen LogP contribution in [0.5, 0.6) is 17.2 Å². The minimum atomic E-state index is -3.59. The van der Waals surface area contributed by atoms with Gasteiger partial charge in [0.05, 0.1) is 19.3 Å². The molecule has 2 aliphatic heterocycles. The Morgan fingerprint density at radius 2 is 2.10 bits per heavy atom. The number of amides is 1. The largest absolute Gasteiger partial charge is 0.493 e. The second kappa shape index (κ2) is 9.39. The van der Waals surface area contributed by atoms with Crippen molar-refractivity contribution in [3.63, 3.8) is 0 Å². The molecule has 1 aromatic carbocycles. The number of rotatable bonds is 9. The lowest BCUT2D eigenvalue weighted by Gasteiger charge is -2.26. The van der Waals surface area contributed by atoms with Crippen LogP contribution in [0.3, 0.4) is 0 Å². The van der Waals surface area contributed by atoms with E-state index in [0.29, 0.717) is 35.1 Å². The highest BCUT2D eigenvalue weighted by molar-refractivity contribution is 7.85. The van der Waals surface area contributed by atoms with Crippen LogP contribution in [0, 0.1) is 5.92 Å². The summed E-state index contributed by atoms with van der Waals surface area (Å²) in [6.07, 6.45) is -0.109. The van der Waals surface area contributed by atoms with Gasteiger partial charge in [0.1, 0.15) is 37.9 Å². The van der Waals surface area contributed by atoms with Crippen molar-refractivity contribution >= 4 is 21.9 Å². The molecule has 0 saturated carbocycles. The monoisotopic (exact) mass is 444 g/mol. The van der Waals surface area contributed by atoms with E-state index in [0.717, 1.165) is 6.26 Å². The Morgan fingerprint density at radius 1 is 1.30 bits per heavy atom. The zero-order valence-corrected chi connectivity index (χ0v) is 17.7. The average molecular weight is 444 g/mol. The average Bonchev–Trinajstić information content (AvgIpc) is 3.12. The summed E-state index contributed by atoms with van der Waals surface area (Å²) in [6, 6.07) is 3.38. The van der Waals surface area contributed by atoms with Gasteiger partial charge in [-0.25, -0.2) is 4.79 Å². The summed E-state index contributed by atoms with van der Waals surface area (Å²) in [6.45, 7) is 2.56. The second-order valence-electron chi connectivity index (χ2n) is 6.54. The molecule has 2 aliphatic rings. The molecule has 0 aliphatic carbocycles. The Kier molecular flexibility index (Phi) is 6.87. The van der Waals surface area contributed by atoms with Gasteiger partial charge in [0.15, 0.2) is 17.6 Å². The topological polar surface area (TPSA) is 131 Å². The van der Waals surface area contributed by atoms with Crippen LogP contribution in [-0.4, -0.2) is 72.7 Å². The van der Waals surface area contributed by atoms with Crippen molar-refractivity contribution < 1.29 is 41.2 Å². The molecule has 0 radical (unpaired) electrons. The van der Waals surface area contributed by atoms with E-state index >= 15 is 0 Å². The van der Waals surface area contributed by atoms with Crippen LogP contribution in [0.1, 0.15) is 12.5 Å². The molecule has 166 valence electrons. The summed E-state index contributed by atoms with van der Waals surface area (Å²) in [7, 11) is -2.09. The molecule has 0 spiro atoms. The van der Waals surface area contributed by atoms with Crippen LogP contribution in [0.25, 0.3) is 0 Å². The smallest absolute Gasteiger partial charge is 0.407 e. The van der Waals surface area contributed by atoms with Gasteiger partial charge in [0.2, 0.25) is 0 Å². The Labute approximate surface area is 174 Å². The highest BCUT2D eigenvalue weighted by atomic mass is 32.2. The normalized spacial score (nSPS) is 19.5. The fraction of sp³-hybridized carbons (Fsp3) is 0.556. The third-order valence-electron chi connectivity index (χ3n) is 4.39. The predicted molar refractivity (Wildman–Crippen MR) is 105 cm³/mol. The van der Waals surface area contributed by atoms with E-state index < -0.39 is 22.3 Å². The molecule has 1 aromatic rings. The molecular formula is C18H24N2O9S. The van der Waals surface area contributed by atoms with Gasteiger partial charge in [-0.2, -0.15) is 8.42 Å². The lowest BCUT2D eigenvalue weighted by Crippen LogP contribution is -2.36. The van der Waals surface area contributed by atoms with E-state index in [1.54, 1.807) is 19.1 Å². The number of hydrogen-bond donors (Lipinski definition) is 1. The molecule has 1 amide bonds. The fourth-order valence-corrected chi connectivity index (χ4v) is 3.39. The number of nitrogens with zero attached hydrogens (tertiary/aromatic N) is 1. The van der Waals surface area contributed by atoms with Gasteiger partial charge in [-0.1, -0.05) is 5.16 Å². The van der Waals surface area contributed by atoms with Gasteiger partial charge in [0, 0.05) is 18.2 Å². The minimum absolute atomic E-state index is 0.0670. The van der Waals surface area contributed by atoms with Crippen molar-refractivity contribution in [2.24, 2.45) is 11.1 Å². The first-order valence-corrected chi connectivity index (χ1v) is 11.1. The molecule has 3 rings (SSSR count). The number of hydrogen-bond acceptors (Lipinski definition) is 10. The van der Waals surface area contributed by atoms with Crippen LogP contribution in [0.2, 0.25) is 0 Å². The van der Waals surface area contributed by atoms with E-state index in [1.807, 2.05) is 0 Å². The molecule has 2 unspecified atom stereocenters. The molecule has 2 heterocycles. The van der Waals surface area contributed by atoms with Crippen LogP contribution in [0.15, 0.2) is 17.3 Å². The van der Waals surface area contributed by atoms with Gasteiger partial charge in [-0.15, -0.1) is 0 Å². The summed E-state index contributed by atoms with van der Waals surface area (Å²) in [4.78, 5) is 16.7. The van der Waals surface area contributed by atoms with Crippen LogP contribution in [-0.2, 0) is 23.9 Å². The highest BCUT2D eigenvalue weighted by Crippen LogP contribution is 2.41. The molecule has 0 saturated heterocycles. The van der Waals surface area contributed by atoms with Gasteiger partial charge >= 0.3 is 6.09 Å². The van der Waals surface area contributed by atoms with Crippen molar-refractivity contribution in [3.8, 4) is 17.2 Å². The van der Waals surface area contributed by atoms with E-state index in [2.05, 4.69) is 10.5 Å².